The molecule has 6 heteroatoms. The Morgan fingerprint density at radius 1 is 1.00 bits per heavy atom. The fraction of sp³-hybridized carbons (Fsp3) is 0.400. The number of anilines is 1. The van der Waals surface area contributed by atoms with Crippen molar-refractivity contribution in [3.63, 3.8) is 0 Å². The summed E-state index contributed by atoms with van der Waals surface area (Å²) >= 11 is 0. The highest BCUT2D eigenvalue weighted by molar-refractivity contribution is 5.88. The largest absolute Gasteiger partial charge is 0.355 e. The normalized spacial score (nSPS) is 12.0. The number of hydrogen-bond donors (Lipinski definition) is 2. The van der Waals surface area contributed by atoms with E-state index in [1.165, 1.54) is 6.92 Å². The van der Waals surface area contributed by atoms with Crippen LogP contribution in [-0.4, -0.2) is 29.2 Å². The summed E-state index contributed by atoms with van der Waals surface area (Å²) in [6.07, 6.45) is 0.213. The first-order chi connectivity index (χ1) is 14.6. The maximum atomic E-state index is 13.2. The molecule has 1 unspecified atom stereocenters. The van der Waals surface area contributed by atoms with E-state index in [-0.39, 0.29) is 30.2 Å². The summed E-state index contributed by atoms with van der Waals surface area (Å²) in [6, 6.07) is 17.1. The molecule has 0 bridgehead atoms. The highest BCUT2D eigenvalue weighted by atomic mass is 16.2. The minimum absolute atomic E-state index is 0.0458. The van der Waals surface area contributed by atoms with Gasteiger partial charge < -0.3 is 15.5 Å². The molecule has 6 nitrogen and oxygen atoms in total. The average Bonchev–Trinajstić information content (AvgIpc) is 2.71. The van der Waals surface area contributed by atoms with Gasteiger partial charge in [0.15, 0.2) is 0 Å². The number of rotatable bonds is 8. The van der Waals surface area contributed by atoms with E-state index in [4.69, 9.17) is 0 Å². The van der Waals surface area contributed by atoms with Crippen molar-refractivity contribution in [2.24, 2.45) is 5.41 Å². The number of hydrogen-bond acceptors (Lipinski definition) is 3. The van der Waals surface area contributed by atoms with Gasteiger partial charge in [0.25, 0.3) is 0 Å². The van der Waals surface area contributed by atoms with Crippen LogP contribution in [0.25, 0.3) is 0 Å². The average molecular weight is 424 g/mol. The van der Waals surface area contributed by atoms with E-state index >= 15 is 0 Å². The molecule has 0 aliphatic heterocycles. The van der Waals surface area contributed by atoms with Crippen LogP contribution in [0.15, 0.2) is 54.6 Å². The molecule has 0 saturated heterocycles. The SMILES string of the molecule is CC(=O)Nc1cccc(C(C)N(Cc2ccccc2)C(=O)CCNC(=O)C(C)(C)C)c1. The lowest BCUT2D eigenvalue weighted by Gasteiger charge is -2.30. The van der Waals surface area contributed by atoms with E-state index in [9.17, 15) is 14.4 Å². The second kappa shape index (κ2) is 10.8. The molecule has 2 aromatic carbocycles. The minimum atomic E-state index is -0.496. The summed E-state index contributed by atoms with van der Waals surface area (Å²) in [7, 11) is 0. The van der Waals surface area contributed by atoms with Gasteiger partial charge in [-0.15, -0.1) is 0 Å². The van der Waals surface area contributed by atoms with Crippen LogP contribution in [0.4, 0.5) is 5.69 Å². The number of carbonyl (C=O) groups excluding carboxylic acids is 3. The van der Waals surface area contributed by atoms with E-state index < -0.39 is 5.41 Å². The van der Waals surface area contributed by atoms with E-state index in [1.807, 2.05) is 87.2 Å². The molecule has 0 aromatic heterocycles. The van der Waals surface area contributed by atoms with Crippen LogP contribution in [0.2, 0.25) is 0 Å². The van der Waals surface area contributed by atoms with Crippen molar-refractivity contribution in [3.8, 4) is 0 Å². The molecule has 0 radical (unpaired) electrons. The Hall–Kier alpha value is -3.15. The van der Waals surface area contributed by atoms with Crippen molar-refractivity contribution in [2.75, 3.05) is 11.9 Å². The van der Waals surface area contributed by atoms with Gasteiger partial charge in [-0.3, -0.25) is 14.4 Å². The molecule has 166 valence electrons. The van der Waals surface area contributed by atoms with Gasteiger partial charge in [-0.2, -0.15) is 0 Å². The third-order valence-electron chi connectivity index (χ3n) is 4.98. The third kappa shape index (κ3) is 7.55. The molecule has 0 aliphatic rings. The molecule has 0 spiro atoms. The predicted octanol–water partition coefficient (Wildman–Crippen LogP) is 4.29. The summed E-state index contributed by atoms with van der Waals surface area (Å²) in [5.74, 6) is -0.266. The number of carbonyl (C=O) groups is 3. The van der Waals surface area contributed by atoms with Gasteiger partial charge in [0, 0.05) is 37.5 Å². The topological polar surface area (TPSA) is 78.5 Å². The first-order valence-electron chi connectivity index (χ1n) is 10.6. The highest BCUT2D eigenvalue weighted by Gasteiger charge is 2.24. The summed E-state index contributed by atoms with van der Waals surface area (Å²) in [6.45, 7) is 9.72. The van der Waals surface area contributed by atoms with Gasteiger partial charge in [-0.25, -0.2) is 0 Å². The lowest BCUT2D eigenvalue weighted by atomic mass is 9.96. The monoisotopic (exact) mass is 423 g/mol. The van der Waals surface area contributed by atoms with Crippen LogP contribution in [-0.2, 0) is 20.9 Å². The number of amides is 3. The van der Waals surface area contributed by atoms with E-state index in [1.54, 1.807) is 0 Å². The Kier molecular flexibility index (Phi) is 8.37. The molecule has 2 aromatic rings. The van der Waals surface area contributed by atoms with Gasteiger partial charge in [0.05, 0.1) is 6.04 Å². The molecule has 0 saturated carbocycles. The van der Waals surface area contributed by atoms with Gasteiger partial charge in [-0.1, -0.05) is 63.2 Å². The summed E-state index contributed by atoms with van der Waals surface area (Å²) < 4.78 is 0. The predicted molar refractivity (Wildman–Crippen MR) is 123 cm³/mol. The van der Waals surface area contributed by atoms with Crippen molar-refractivity contribution in [1.82, 2.24) is 10.2 Å². The van der Waals surface area contributed by atoms with Gasteiger partial charge in [-0.05, 0) is 30.2 Å². The Morgan fingerprint density at radius 2 is 1.68 bits per heavy atom. The molecule has 2 rings (SSSR count). The van der Waals surface area contributed by atoms with Crippen molar-refractivity contribution in [3.05, 3.63) is 65.7 Å². The van der Waals surface area contributed by atoms with Crippen molar-refractivity contribution < 1.29 is 14.4 Å². The van der Waals surface area contributed by atoms with Gasteiger partial charge in [0.1, 0.15) is 0 Å². The summed E-state index contributed by atoms with van der Waals surface area (Å²) in [4.78, 5) is 38.5. The van der Waals surface area contributed by atoms with Crippen molar-refractivity contribution >= 4 is 23.4 Å². The van der Waals surface area contributed by atoms with Crippen molar-refractivity contribution in [1.29, 1.82) is 0 Å². The zero-order valence-electron chi connectivity index (χ0n) is 19.1. The second-order valence-electron chi connectivity index (χ2n) is 8.75. The molecule has 0 fully saturated rings. The van der Waals surface area contributed by atoms with E-state index in [2.05, 4.69) is 10.6 Å². The Labute approximate surface area is 185 Å². The zero-order chi connectivity index (χ0) is 23.0. The van der Waals surface area contributed by atoms with Crippen LogP contribution in [0.3, 0.4) is 0 Å². The maximum Gasteiger partial charge on any atom is 0.225 e. The van der Waals surface area contributed by atoms with Crippen LogP contribution in [0.1, 0.15) is 58.2 Å². The Balaban J connectivity index is 2.18. The second-order valence-corrected chi connectivity index (χ2v) is 8.75. The number of benzene rings is 2. The summed E-state index contributed by atoms with van der Waals surface area (Å²) in [5, 5.41) is 5.64. The van der Waals surface area contributed by atoms with E-state index in [0.29, 0.717) is 18.8 Å². The van der Waals surface area contributed by atoms with Crippen LogP contribution in [0, 0.1) is 5.41 Å². The Bertz CT molecular complexity index is 904. The first kappa shape index (κ1) is 24.1. The smallest absolute Gasteiger partial charge is 0.225 e. The standard InChI is InChI=1S/C25H33N3O3/c1-18(21-12-9-13-22(16-21)27-19(2)29)28(17-20-10-7-6-8-11-20)23(30)14-15-26-24(31)25(3,4)5/h6-13,16,18H,14-15,17H2,1-5H3,(H,26,31)(H,27,29). The van der Waals surface area contributed by atoms with E-state index in [0.717, 1.165) is 11.1 Å². The third-order valence-corrected chi connectivity index (χ3v) is 4.98. The molecule has 3 amide bonds. The maximum absolute atomic E-state index is 13.2. The van der Waals surface area contributed by atoms with Crippen molar-refractivity contribution in [2.45, 2.75) is 53.6 Å². The quantitative estimate of drug-likeness (QED) is 0.665. The van der Waals surface area contributed by atoms with Gasteiger partial charge >= 0.3 is 0 Å². The number of nitrogens with one attached hydrogen (secondary N) is 2. The minimum Gasteiger partial charge on any atom is -0.355 e. The van der Waals surface area contributed by atoms with Crippen LogP contribution < -0.4 is 10.6 Å². The molecule has 0 aliphatic carbocycles. The lowest BCUT2D eigenvalue weighted by molar-refractivity contribution is -0.134. The van der Waals surface area contributed by atoms with Gasteiger partial charge in [0.2, 0.25) is 17.7 Å². The molecule has 0 heterocycles. The molecule has 1 atom stereocenters. The molecule has 31 heavy (non-hydrogen) atoms. The number of nitrogens with zero attached hydrogens (tertiary/aromatic N) is 1. The molecule has 2 N–H and O–H groups in total. The Morgan fingerprint density at radius 3 is 2.29 bits per heavy atom. The first-order valence-corrected chi connectivity index (χ1v) is 10.6. The zero-order valence-corrected chi connectivity index (χ0v) is 19.1. The van der Waals surface area contributed by atoms with Crippen LogP contribution >= 0.6 is 0 Å². The molecular weight excluding hydrogens is 390 g/mol. The molecular formula is C25H33N3O3. The fourth-order valence-electron chi connectivity index (χ4n) is 3.17. The van der Waals surface area contributed by atoms with Crippen LogP contribution in [0.5, 0.6) is 0 Å². The fourth-order valence-corrected chi connectivity index (χ4v) is 3.17. The lowest BCUT2D eigenvalue weighted by Crippen LogP contribution is -2.39. The highest BCUT2D eigenvalue weighted by Crippen LogP contribution is 2.25. The summed E-state index contributed by atoms with van der Waals surface area (Å²) in [5.41, 5.74) is 2.15.